The van der Waals surface area contributed by atoms with Crippen LogP contribution >= 0.6 is 0 Å². The highest BCUT2D eigenvalue weighted by atomic mass is 16.4. The second-order valence-corrected chi connectivity index (χ2v) is 4.26. The van der Waals surface area contributed by atoms with Crippen LogP contribution in [0.4, 0.5) is 0 Å². The number of rotatable bonds is 1. The van der Waals surface area contributed by atoms with Crippen molar-refractivity contribution in [2.75, 3.05) is 20.1 Å². The largest absolute Gasteiger partial charge is 0.480 e. The van der Waals surface area contributed by atoms with Gasteiger partial charge in [0.25, 0.3) is 0 Å². The Morgan fingerprint density at radius 2 is 2.43 bits per heavy atom. The van der Waals surface area contributed by atoms with Crippen molar-refractivity contribution in [3.8, 4) is 0 Å². The van der Waals surface area contributed by atoms with Crippen LogP contribution in [0.5, 0.6) is 0 Å². The van der Waals surface area contributed by atoms with Gasteiger partial charge < -0.3 is 10.4 Å². The van der Waals surface area contributed by atoms with Gasteiger partial charge in [-0.1, -0.05) is 0 Å². The van der Waals surface area contributed by atoms with Gasteiger partial charge in [-0.05, 0) is 19.9 Å². The molecule has 2 rings (SSSR count). The molecule has 2 N–H and O–H groups in total. The van der Waals surface area contributed by atoms with Crippen LogP contribution in [0.3, 0.4) is 0 Å². The summed E-state index contributed by atoms with van der Waals surface area (Å²) in [7, 11) is 1.76. The lowest BCUT2D eigenvalue weighted by atomic mass is 9.84. The summed E-state index contributed by atoms with van der Waals surface area (Å²) in [5, 5.41) is 11.7. The van der Waals surface area contributed by atoms with Gasteiger partial charge in [0, 0.05) is 13.1 Å². The number of nitrogens with zero attached hydrogens (tertiary/aromatic N) is 1. The summed E-state index contributed by atoms with van der Waals surface area (Å²) in [6, 6.07) is -0.501. The lowest BCUT2D eigenvalue weighted by Gasteiger charge is -2.17. The quantitative estimate of drug-likeness (QED) is 0.583. The van der Waals surface area contributed by atoms with Gasteiger partial charge in [-0.15, -0.1) is 0 Å². The van der Waals surface area contributed by atoms with Crippen molar-refractivity contribution in [2.45, 2.75) is 18.9 Å². The van der Waals surface area contributed by atoms with E-state index in [1.54, 1.807) is 11.9 Å². The van der Waals surface area contributed by atoms with Gasteiger partial charge in [-0.2, -0.15) is 0 Å². The molecule has 5 nitrogen and oxygen atoms in total. The molecule has 1 amide bonds. The summed E-state index contributed by atoms with van der Waals surface area (Å²) < 4.78 is 0. The van der Waals surface area contributed by atoms with Gasteiger partial charge in [-0.25, -0.2) is 0 Å². The minimum absolute atomic E-state index is 0.0214. The molecule has 1 spiro atoms. The van der Waals surface area contributed by atoms with Crippen LogP contribution in [0.25, 0.3) is 0 Å². The third kappa shape index (κ3) is 1.19. The average molecular weight is 198 g/mol. The Balaban J connectivity index is 2.19. The fourth-order valence-corrected chi connectivity index (χ4v) is 2.52. The van der Waals surface area contributed by atoms with Gasteiger partial charge in [-0.3, -0.25) is 14.5 Å². The Kier molecular flexibility index (Phi) is 1.99. The fourth-order valence-electron chi connectivity index (χ4n) is 2.52. The van der Waals surface area contributed by atoms with Crippen LogP contribution in [0.2, 0.25) is 0 Å². The molecule has 78 valence electrons. The third-order valence-electron chi connectivity index (χ3n) is 3.32. The van der Waals surface area contributed by atoms with E-state index in [0.717, 1.165) is 6.42 Å². The topological polar surface area (TPSA) is 69.6 Å². The summed E-state index contributed by atoms with van der Waals surface area (Å²) >= 11 is 0. The number of amides is 1. The molecular formula is C9H14N2O3. The van der Waals surface area contributed by atoms with Crippen molar-refractivity contribution in [1.29, 1.82) is 0 Å². The Morgan fingerprint density at radius 3 is 2.86 bits per heavy atom. The molecule has 2 unspecified atom stereocenters. The van der Waals surface area contributed by atoms with Crippen LogP contribution in [0.15, 0.2) is 0 Å². The standard InChI is InChI=1S/C9H14N2O3/c1-11-5-9(2-3-10-8(9)14)4-6(11)7(12)13/h6H,2-5H2,1H3,(H,10,14)(H,12,13). The number of carbonyl (C=O) groups excluding carboxylic acids is 1. The molecule has 0 bridgehead atoms. The lowest BCUT2D eigenvalue weighted by Crippen LogP contribution is -2.33. The monoisotopic (exact) mass is 198 g/mol. The molecule has 2 atom stereocenters. The highest BCUT2D eigenvalue weighted by Gasteiger charge is 2.52. The first kappa shape index (κ1) is 9.45. The summed E-state index contributed by atoms with van der Waals surface area (Å²) in [4.78, 5) is 24.2. The number of likely N-dealkylation sites (tertiary alicyclic amines) is 1. The SMILES string of the molecule is CN1CC2(CCNC2=O)CC1C(=O)O. The highest BCUT2D eigenvalue weighted by molar-refractivity contribution is 5.87. The van der Waals surface area contributed by atoms with Crippen molar-refractivity contribution in [3.05, 3.63) is 0 Å². The zero-order valence-electron chi connectivity index (χ0n) is 8.12. The number of carbonyl (C=O) groups is 2. The summed E-state index contributed by atoms with van der Waals surface area (Å²) in [5.41, 5.74) is -0.433. The van der Waals surface area contributed by atoms with Crippen LogP contribution in [0, 0.1) is 5.41 Å². The number of carboxylic acid groups (broad SMARTS) is 1. The Hall–Kier alpha value is -1.10. The fraction of sp³-hybridized carbons (Fsp3) is 0.778. The molecule has 0 radical (unpaired) electrons. The first-order valence-electron chi connectivity index (χ1n) is 4.76. The zero-order valence-corrected chi connectivity index (χ0v) is 8.12. The van der Waals surface area contributed by atoms with Gasteiger partial charge in [0.2, 0.25) is 5.91 Å². The Labute approximate surface area is 82.1 Å². The zero-order chi connectivity index (χ0) is 10.3. The lowest BCUT2D eigenvalue weighted by molar-refractivity contribution is -0.141. The number of likely N-dealkylation sites (N-methyl/N-ethyl adjacent to an activating group) is 1. The van der Waals surface area contributed by atoms with Crippen LogP contribution < -0.4 is 5.32 Å². The van der Waals surface area contributed by atoms with E-state index in [4.69, 9.17) is 5.11 Å². The molecule has 0 aromatic rings. The van der Waals surface area contributed by atoms with E-state index in [2.05, 4.69) is 5.32 Å². The van der Waals surface area contributed by atoms with Crippen molar-refractivity contribution < 1.29 is 14.7 Å². The summed E-state index contributed by atoms with van der Waals surface area (Å²) in [6.07, 6.45) is 1.21. The molecule has 0 aromatic heterocycles. The first-order chi connectivity index (χ1) is 6.55. The van der Waals surface area contributed by atoms with E-state index in [-0.39, 0.29) is 5.91 Å². The Bertz CT molecular complexity index is 292. The van der Waals surface area contributed by atoms with E-state index in [1.807, 2.05) is 0 Å². The molecule has 0 aliphatic carbocycles. The molecule has 0 saturated carbocycles. The second-order valence-electron chi connectivity index (χ2n) is 4.26. The highest BCUT2D eigenvalue weighted by Crippen LogP contribution is 2.39. The number of aliphatic carboxylic acids is 1. The predicted molar refractivity (Wildman–Crippen MR) is 48.7 cm³/mol. The van der Waals surface area contributed by atoms with E-state index in [1.165, 1.54) is 0 Å². The van der Waals surface area contributed by atoms with E-state index in [0.29, 0.717) is 19.5 Å². The maximum atomic E-state index is 11.6. The van der Waals surface area contributed by atoms with Crippen LogP contribution in [-0.4, -0.2) is 48.1 Å². The van der Waals surface area contributed by atoms with E-state index in [9.17, 15) is 9.59 Å². The average Bonchev–Trinajstić information content (AvgIpc) is 2.59. The molecular weight excluding hydrogens is 184 g/mol. The molecule has 2 fully saturated rings. The normalized spacial score (nSPS) is 37.8. The van der Waals surface area contributed by atoms with Gasteiger partial charge >= 0.3 is 5.97 Å². The van der Waals surface area contributed by atoms with Crippen molar-refractivity contribution in [2.24, 2.45) is 5.41 Å². The third-order valence-corrected chi connectivity index (χ3v) is 3.32. The molecule has 14 heavy (non-hydrogen) atoms. The molecule has 0 aromatic carbocycles. The predicted octanol–water partition coefficient (Wildman–Crippen LogP) is -0.719. The number of nitrogens with one attached hydrogen (secondary N) is 1. The minimum Gasteiger partial charge on any atom is -0.480 e. The number of hydrogen-bond acceptors (Lipinski definition) is 3. The second kappa shape index (κ2) is 2.95. The summed E-state index contributed by atoms with van der Waals surface area (Å²) in [6.45, 7) is 1.24. The molecule has 2 heterocycles. The maximum absolute atomic E-state index is 11.6. The number of carboxylic acids is 1. The van der Waals surface area contributed by atoms with Gasteiger partial charge in [0.1, 0.15) is 6.04 Å². The summed E-state index contributed by atoms with van der Waals surface area (Å²) in [5.74, 6) is -0.808. The number of hydrogen-bond donors (Lipinski definition) is 2. The smallest absolute Gasteiger partial charge is 0.320 e. The Morgan fingerprint density at radius 1 is 1.71 bits per heavy atom. The minimum atomic E-state index is -0.830. The van der Waals surface area contributed by atoms with Crippen molar-refractivity contribution in [1.82, 2.24) is 10.2 Å². The molecule has 2 saturated heterocycles. The molecule has 2 aliphatic heterocycles. The molecule has 5 heteroatoms. The van der Waals surface area contributed by atoms with Gasteiger partial charge in [0.15, 0.2) is 0 Å². The van der Waals surface area contributed by atoms with Crippen LogP contribution in [-0.2, 0) is 9.59 Å². The van der Waals surface area contributed by atoms with Gasteiger partial charge in [0.05, 0.1) is 5.41 Å². The van der Waals surface area contributed by atoms with E-state index >= 15 is 0 Å². The molecule has 2 aliphatic rings. The maximum Gasteiger partial charge on any atom is 0.320 e. The van der Waals surface area contributed by atoms with Crippen LogP contribution in [0.1, 0.15) is 12.8 Å². The van der Waals surface area contributed by atoms with E-state index < -0.39 is 17.4 Å². The van der Waals surface area contributed by atoms with Crippen molar-refractivity contribution in [3.63, 3.8) is 0 Å². The van der Waals surface area contributed by atoms with Crippen molar-refractivity contribution >= 4 is 11.9 Å². The first-order valence-corrected chi connectivity index (χ1v) is 4.76.